The fourth-order valence-corrected chi connectivity index (χ4v) is 3.28. The van der Waals surface area contributed by atoms with Crippen LogP contribution >= 0.6 is 11.3 Å². The van der Waals surface area contributed by atoms with Gasteiger partial charge in [0.15, 0.2) is 5.76 Å². The molecule has 1 amide bonds. The predicted molar refractivity (Wildman–Crippen MR) is 85.0 cm³/mol. The van der Waals surface area contributed by atoms with Gasteiger partial charge in [-0.2, -0.15) is 11.3 Å². The minimum atomic E-state index is -0.377. The van der Waals surface area contributed by atoms with E-state index in [1.807, 2.05) is 23.8 Å². The molecule has 2 aromatic rings. The second-order valence-electron chi connectivity index (χ2n) is 5.38. The SMILES string of the molecule is COc1coc(C(=O)N2C[C@H](C)O[C@@H](c3ccsc3)C2)cc1=O. The van der Waals surface area contributed by atoms with Gasteiger partial charge in [0.1, 0.15) is 12.4 Å². The normalized spacial score (nSPS) is 21.2. The maximum Gasteiger partial charge on any atom is 0.289 e. The zero-order valence-electron chi connectivity index (χ0n) is 12.9. The zero-order valence-corrected chi connectivity index (χ0v) is 13.7. The van der Waals surface area contributed by atoms with Gasteiger partial charge in [0.2, 0.25) is 11.2 Å². The van der Waals surface area contributed by atoms with Crippen molar-refractivity contribution in [2.24, 2.45) is 0 Å². The van der Waals surface area contributed by atoms with Gasteiger partial charge in [0.05, 0.1) is 19.8 Å². The second kappa shape index (κ2) is 6.55. The topological polar surface area (TPSA) is 69.0 Å². The van der Waals surface area contributed by atoms with E-state index in [4.69, 9.17) is 13.9 Å². The summed E-state index contributed by atoms with van der Waals surface area (Å²) in [7, 11) is 1.38. The van der Waals surface area contributed by atoms with Crippen LogP contribution in [0.25, 0.3) is 0 Å². The lowest BCUT2D eigenvalue weighted by Gasteiger charge is -2.36. The standard InChI is InChI=1S/C16H17NO5S/c1-10-6-17(7-14(22-10)11-3-4-23-9-11)16(19)13-5-12(18)15(20-2)8-21-13/h3-5,8-10,14H,6-7H2,1-2H3/t10-,14+/m0/s1. The average Bonchev–Trinajstić information content (AvgIpc) is 3.08. The number of carbonyl (C=O) groups excluding carboxylic acids is 1. The molecule has 1 fully saturated rings. The van der Waals surface area contributed by atoms with Crippen molar-refractivity contribution in [3.8, 4) is 5.75 Å². The Balaban J connectivity index is 1.81. The Hall–Kier alpha value is -2.12. The number of hydrogen-bond donors (Lipinski definition) is 0. The molecule has 0 N–H and O–H groups in total. The molecule has 7 heteroatoms. The Labute approximate surface area is 137 Å². The lowest BCUT2D eigenvalue weighted by atomic mass is 10.1. The molecule has 2 atom stereocenters. The quantitative estimate of drug-likeness (QED) is 0.861. The minimum Gasteiger partial charge on any atom is -0.490 e. The summed E-state index contributed by atoms with van der Waals surface area (Å²) in [5.41, 5.74) is 0.674. The average molecular weight is 335 g/mol. The third kappa shape index (κ3) is 3.30. The van der Waals surface area contributed by atoms with Gasteiger partial charge in [-0.15, -0.1) is 0 Å². The molecule has 3 rings (SSSR count). The highest BCUT2D eigenvalue weighted by molar-refractivity contribution is 7.07. The Morgan fingerprint density at radius 2 is 2.26 bits per heavy atom. The minimum absolute atomic E-state index is 0.00830. The van der Waals surface area contributed by atoms with Gasteiger partial charge in [0, 0.05) is 12.6 Å². The number of thiophene rings is 1. The van der Waals surface area contributed by atoms with E-state index in [2.05, 4.69) is 0 Å². The van der Waals surface area contributed by atoms with Crippen LogP contribution in [0.1, 0.15) is 29.1 Å². The Morgan fingerprint density at radius 3 is 2.91 bits per heavy atom. The molecular weight excluding hydrogens is 318 g/mol. The second-order valence-corrected chi connectivity index (χ2v) is 6.16. The van der Waals surface area contributed by atoms with Gasteiger partial charge in [-0.1, -0.05) is 0 Å². The number of hydrogen-bond acceptors (Lipinski definition) is 6. The summed E-state index contributed by atoms with van der Waals surface area (Å²) in [6.45, 7) is 2.80. The van der Waals surface area contributed by atoms with Crippen LogP contribution in [-0.2, 0) is 4.74 Å². The molecule has 1 aliphatic heterocycles. The van der Waals surface area contributed by atoms with E-state index in [0.29, 0.717) is 13.1 Å². The number of rotatable bonds is 3. The lowest BCUT2D eigenvalue weighted by Crippen LogP contribution is -2.46. The number of carbonyl (C=O) groups is 1. The van der Waals surface area contributed by atoms with E-state index >= 15 is 0 Å². The largest absolute Gasteiger partial charge is 0.490 e. The van der Waals surface area contributed by atoms with Crippen LogP contribution in [0.5, 0.6) is 5.75 Å². The van der Waals surface area contributed by atoms with E-state index in [0.717, 1.165) is 11.8 Å². The molecule has 0 bridgehead atoms. The molecule has 3 heterocycles. The van der Waals surface area contributed by atoms with Gasteiger partial charge in [-0.05, 0) is 29.3 Å². The monoisotopic (exact) mass is 335 g/mol. The Bertz CT molecular complexity index is 739. The zero-order chi connectivity index (χ0) is 16.4. The summed E-state index contributed by atoms with van der Waals surface area (Å²) >= 11 is 1.59. The van der Waals surface area contributed by atoms with Gasteiger partial charge < -0.3 is 18.8 Å². The van der Waals surface area contributed by atoms with Crippen molar-refractivity contribution >= 4 is 17.2 Å². The molecule has 0 aromatic carbocycles. The summed E-state index contributed by atoms with van der Waals surface area (Å²) < 4.78 is 16.0. The van der Waals surface area contributed by atoms with Crippen LogP contribution < -0.4 is 10.2 Å². The maximum absolute atomic E-state index is 12.6. The molecule has 0 radical (unpaired) electrons. The van der Waals surface area contributed by atoms with Crippen molar-refractivity contribution in [3.05, 3.63) is 50.7 Å². The van der Waals surface area contributed by atoms with Gasteiger partial charge in [0.25, 0.3) is 5.91 Å². The summed E-state index contributed by atoms with van der Waals surface area (Å²) in [5.74, 6) is -0.234. The number of nitrogens with zero attached hydrogens (tertiary/aromatic N) is 1. The molecule has 0 aliphatic carbocycles. The first-order valence-corrected chi connectivity index (χ1v) is 8.16. The van der Waals surface area contributed by atoms with E-state index in [1.165, 1.54) is 13.2 Å². The molecule has 0 spiro atoms. The first-order chi connectivity index (χ1) is 11.1. The molecule has 122 valence electrons. The molecular formula is C16H17NO5S. The van der Waals surface area contributed by atoms with Crippen molar-refractivity contribution in [3.63, 3.8) is 0 Å². The molecule has 6 nitrogen and oxygen atoms in total. The Kier molecular flexibility index (Phi) is 4.49. The number of morpholine rings is 1. The van der Waals surface area contributed by atoms with Crippen molar-refractivity contribution in [2.45, 2.75) is 19.1 Å². The fourth-order valence-electron chi connectivity index (χ4n) is 2.58. The lowest BCUT2D eigenvalue weighted by molar-refractivity contribution is -0.0696. The summed E-state index contributed by atoms with van der Waals surface area (Å²) in [6, 6.07) is 3.16. The van der Waals surface area contributed by atoms with Gasteiger partial charge in [-0.25, -0.2) is 0 Å². The highest BCUT2D eigenvalue weighted by atomic mass is 32.1. The molecule has 0 unspecified atom stereocenters. The predicted octanol–water partition coefficient (Wildman–Crippen LogP) is 2.31. The maximum atomic E-state index is 12.6. The number of amides is 1. The van der Waals surface area contributed by atoms with Crippen LogP contribution in [-0.4, -0.2) is 37.1 Å². The Morgan fingerprint density at radius 1 is 1.43 bits per heavy atom. The molecule has 1 saturated heterocycles. The van der Waals surface area contributed by atoms with Crippen molar-refractivity contribution in [1.29, 1.82) is 0 Å². The summed E-state index contributed by atoms with van der Waals surface area (Å²) in [6.07, 6.45) is 0.900. The third-order valence-corrected chi connectivity index (χ3v) is 4.39. The van der Waals surface area contributed by atoms with Gasteiger partial charge >= 0.3 is 0 Å². The van der Waals surface area contributed by atoms with E-state index < -0.39 is 0 Å². The van der Waals surface area contributed by atoms with E-state index in [1.54, 1.807) is 16.2 Å². The number of ether oxygens (including phenoxy) is 2. The van der Waals surface area contributed by atoms with Crippen LogP contribution in [0.3, 0.4) is 0 Å². The molecule has 0 saturated carbocycles. The fraction of sp³-hybridized carbons (Fsp3) is 0.375. The van der Waals surface area contributed by atoms with E-state index in [-0.39, 0.29) is 35.1 Å². The smallest absolute Gasteiger partial charge is 0.289 e. The summed E-state index contributed by atoms with van der Waals surface area (Å²) in [5, 5.41) is 3.99. The number of methoxy groups -OCH3 is 1. The third-order valence-electron chi connectivity index (χ3n) is 3.69. The van der Waals surface area contributed by atoms with E-state index in [9.17, 15) is 9.59 Å². The highest BCUT2D eigenvalue weighted by Gasteiger charge is 2.31. The van der Waals surface area contributed by atoms with Crippen LogP contribution in [0.4, 0.5) is 0 Å². The van der Waals surface area contributed by atoms with Crippen molar-refractivity contribution < 1.29 is 18.7 Å². The van der Waals surface area contributed by atoms with Crippen LogP contribution in [0.2, 0.25) is 0 Å². The summed E-state index contributed by atoms with van der Waals surface area (Å²) in [4.78, 5) is 26.1. The first-order valence-electron chi connectivity index (χ1n) is 7.22. The molecule has 1 aliphatic rings. The molecule has 2 aromatic heterocycles. The first kappa shape index (κ1) is 15.8. The van der Waals surface area contributed by atoms with Gasteiger partial charge in [-0.3, -0.25) is 9.59 Å². The van der Waals surface area contributed by atoms with Crippen LogP contribution in [0, 0.1) is 0 Å². The highest BCUT2D eigenvalue weighted by Crippen LogP contribution is 2.27. The molecule has 23 heavy (non-hydrogen) atoms. The van der Waals surface area contributed by atoms with Crippen molar-refractivity contribution in [2.75, 3.05) is 20.2 Å². The van der Waals surface area contributed by atoms with Crippen molar-refractivity contribution in [1.82, 2.24) is 4.90 Å². The van der Waals surface area contributed by atoms with Crippen LogP contribution in [0.15, 0.2) is 38.4 Å².